The monoisotopic (exact) mass is 147 g/mol. The normalized spacial score (nSPS) is 15.3. The number of nitrogens with one attached hydrogen (secondary N) is 1. The molecule has 0 aliphatic heterocycles. The van der Waals surface area contributed by atoms with Gasteiger partial charge >= 0.3 is 0 Å². The summed E-state index contributed by atoms with van der Waals surface area (Å²) >= 11 is 0. The summed E-state index contributed by atoms with van der Waals surface area (Å²) in [6.07, 6.45) is 0. The van der Waals surface area contributed by atoms with Crippen LogP contribution in [0.5, 0.6) is 0 Å². The molecule has 0 aromatic heterocycles. The first-order valence-corrected chi connectivity index (χ1v) is 3.52. The van der Waals surface area contributed by atoms with Crippen molar-refractivity contribution in [1.82, 2.24) is 5.32 Å². The van der Waals surface area contributed by atoms with E-state index in [1.807, 2.05) is 6.92 Å². The number of hydrogen-bond acceptors (Lipinski definition) is 3. The maximum Gasteiger partial charge on any atom is 0.0715 e. The van der Waals surface area contributed by atoms with Gasteiger partial charge in [0.15, 0.2) is 0 Å². The van der Waals surface area contributed by atoms with E-state index >= 15 is 0 Å². The summed E-state index contributed by atoms with van der Waals surface area (Å²) in [7, 11) is 0. The van der Waals surface area contributed by atoms with Crippen LogP contribution in [-0.4, -0.2) is 35.0 Å². The van der Waals surface area contributed by atoms with Gasteiger partial charge in [-0.1, -0.05) is 0 Å². The van der Waals surface area contributed by atoms with Crippen molar-refractivity contribution >= 4 is 0 Å². The Morgan fingerprint density at radius 3 is 2.30 bits per heavy atom. The Labute approximate surface area is 62.1 Å². The highest BCUT2D eigenvalue weighted by molar-refractivity contribution is 4.70. The largest absolute Gasteiger partial charge is 0.395 e. The molecule has 3 N–H and O–H groups in total. The molecule has 0 saturated heterocycles. The van der Waals surface area contributed by atoms with E-state index in [1.54, 1.807) is 13.8 Å². The van der Waals surface area contributed by atoms with Crippen LogP contribution in [0, 0.1) is 0 Å². The maximum atomic E-state index is 9.22. The topological polar surface area (TPSA) is 52.5 Å². The van der Waals surface area contributed by atoms with Crippen LogP contribution in [-0.2, 0) is 0 Å². The summed E-state index contributed by atoms with van der Waals surface area (Å²) in [5, 5.41) is 20.8. The average Bonchev–Trinajstić information content (AvgIpc) is 1.81. The first-order valence-electron chi connectivity index (χ1n) is 3.52. The number of hydrogen-bond donors (Lipinski definition) is 3. The minimum atomic E-state index is -0.691. The Hall–Kier alpha value is -0.120. The summed E-state index contributed by atoms with van der Waals surface area (Å²) < 4.78 is 0. The van der Waals surface area contributed by atoms with E-state index in [2.05, 4.69) is 5.32 Å². The Bertz CT molecular complexity index is 88.1. The lowest BCUT2D eigenvalue weighted by Gasteiger charge is -2.20. The Kier molecular flexibility index (Phi) is 3.86. The second kappa shape index (κ2) is 3.91. The van der Waals surface area contributed by atoms with E-state index in [4.69, 9.17) is 5.11 Å². The molecule has 1 atom stereocenters. The smallest absolute Gasteiger partial charge is 0.0715 e. The summed E-state index contributed by atoms with van der Waals surface area (Å²) in [6.45, 7) is 5.94. The van der Waals surface area contributed by atoms with Gasteiger partial charge in [0.05, 0.1) is 12.2 Å². The molecule has 0 rings (SSSR count). The molecule has 62 valence electrons. The zero-order valence-corrected chi connectivity index (χ0v) is 6.89. The van der Waals surface area contributed by atoms with Gasteiger partial charge in [-0.25, -0.2) is 0 Å². The minimum Gasteiger partial charge on any atom is -0.395 e. The van der Waals surface area contributed by atoms with Crippen molar-refractivity contribution in [3.05, 3.63) is 0 Å². The van der Waals surface area contributed by atoms with Gasteiger partial charge in [0.2, 0.25) is 0 Å². The predicted octanol–water partition coefficient (Wildman–Crippen LogP) is -0.272. The van der Waals surface area contributed by atoms with Gasteiger partial charge in [-0.2, -0.15) is 0 Å². The molecule has 3 heteroatoms. The highest BCUT2D eigenvalue weighted by atomic mass is 16.3. The van der Waals surface area contributed by atoms with Crippen LogP contribution in [0.15, 0.2) is 0 Å². The second-order valence-corrected chi connectivity index (χ2v) is 3.28. The van der Waals surface area contributed by atoms with Gasteiger partial charge in [0.25, 0.3) is 0 Å². The van der Waals surface area contributed by atoms with Gasteiger partial charge in [-0.3, -0.25) is 0 Å². The van der Waals surface area contributed by atoms with E-state index in [9.17, 15) is 5.11 Å². The summed E-state index contributed by atoms with van der Waals surface area (Å²) in [5.41, 5.74) is -0.691. The zero-order chi connectivity index (χ0) is 8.20. The Morgan fingerprint density at radius 2 is 2.00 bits per heavy atom. The van der Waals surface area contributed by atoms with E-state index in [0.29, 0.717) is 6.54 Å². The third-order valence-corrected chi connectivity index (χ3v) is 1.16. The second-order valence-electron chi connectivity index (χ2n) is 3.28. The fraction of sp³-hybridized carbons (Fsp3) is 1.00. The Morgan fingerprint density at radius 1 is 1.50 bits per heavy atom. The van der Waals surface area contributed by atoms with Gasteiger partial charge in [0, 0.05) is 12.6 Å². The van der Waals surface area contributed by atoms with Crippen molar-refractivity contribution in [2.75, 3.05) is 13.2 Å². The van der Waals surface area contributed by atoms with Crippen molar-refractivity contribution in [2.24, 2.45) is 0 Å². The van der Waals surface area contributed by atoms with Gasteiger partial charge in [-0.05, 0) is 20.8 Å². The van der Waals surface area contributed by atoms with Crippen LogP contribution in [0.2, 0.25) is 0 Å². The molecule has 0 aliphatic rings. The van der Waals surface area contributed by atoms with E-state index in [-0.39, 0.29) is 12.6 Å². The molecule has 0 radical (unpaired) electrons. The Balaban J connectivity index is 3.36. The van der Waals surface area contributed by atoms with Gasteiger partial charge in [-0.15, -0.1) is 0 Å². The van der Waals surface area contributed by atoms with Crippen LogP contribution < -0.4 is 5.32 Å². The molecular weight excluding hydrogens is 130 g/mol. The van der Waals surface area contributed by atoms with E-state index < -0.39 is 5.60 Å². The number of aliphatic hydroxyl groups is 2. The van der Waals surface area contributed by atoms with Crippen LogP contribution in [0.4, 0.5) is 0 Å². The molecular formula is C7H17NO2. The minimum absolute atomic E-state index is 0.0615. The highest BCUT2D eigenvalue weighted by Gasteiger charge is 2.12. The fourth-order valence-electron chi connectivity index (χ4n) is 0.489. The molecule has 10 heavy (non-hydrogen) atoms. The molecule has 0 aromatic carbocycles. The van der Waals surface area contributed by atoms with Gasteiger partial charge in [0.1, 0.15) is 0 Å². The molecule has 0 spiro atoms. The molecule has 0 heterocycles. The molecule has 1 unspecified atom stereocenters. The van der Waals surface area contributed by atoms with Crippen molar-refractivity contribution < 1.29 is 10.2 Å². The summed E-state index contributed by atoms with van der Waals surface area (Å²) in [5.74, 6) is 0. The summed E-state index contributed by atoms with van der Waals surface area (Å²) in [4.78, 5) is 0. The molecule has 0 amide bonds. The van der Waals surface area contributed by atoms with E-state index in [0.717, 1.165) is 0 Å². The molecule has 0 fully saturated rings. The molecule has 0 bridgehead atoms. The number of rotatable bonds is 4. The lowest BCUT2D eigenvalue weighted by molar-refractivity contribution is 0.0740. The van der Waals surface area contributed by atoms with Gasteiger partial charge < -0.3 is 15.5 Å². The highest BCUT2D eigenvalue weighted by Crippen LogP contribution is 1.97. The molecule has 0 saturated carbocycles. The molecule has 3 nitrogen and oxygen atoms in total. The van der Waals surface area contributed by atoms with Crippen molar-refractivity contribution in [2.45, 2.75) is 32.4 Å². The van der Waals surface area contributed by atoms with Crippen molar-refractivity contribution in [3.8, 4) is 0 Å². The maximum absolute atomic E-state index is 9.22. The van der Waals surface area contributed by atoms with Crippen LogP contribution >= 0.6 is 0 Å². The SMILES string of the molecule is CC(CO)NCC(C)(C)O. The lowest BCUT2D eigenvalue weighted by Crippen LogP contribution is -2.40. The predicted molar refractivity (Wildman–Crippen MR) is 40.8 cm³/mol. The van der Waals surface area contributed by atoms with Crippen LogP contribution in [0.1, 0.15) is 20.8 Å². The average molecular weight is 147 g/mol. The van der Waals surface area contributed by atoms with Crippen LogP contribution in [0.3, 0.4) is 0 Å². The zero-order valence-electron chi connectivity index (χ0n) is 6.89. The first kappa shape index (κ1) is 9.88. The number of aliphatic hydroxyl groups excluding tert-OH is 1. The first-order chi connectivity index (χ1) is 4.45. The van der Waals surface area contributed by atoms with Crippen LogP contribution in [0.25, 0.3) is 0 Å². The van der Waals surface area contributed by atoms with Crippen molar-refractivity contribution in [1.29, 1.82) is 0 Å². The fourth-order valence-corrected chi connectivity index (χ4v) is 0.489. The third kappa shape index (κ3) is 6.01. The molecule has 0 aliphatic carbocycles. The lowest BCUT2D eigenvalue weighted by atomic mass is 10.1. The van der Waals surface area contributed by atoms with E-state index in [1.165, 1.54) is 0 Å². The van der Waals surface area contributed by atoms with Crippen molar-refractivity contribution in [3.63, 3.8) is 0 Å². The third-order valence-electron chi connectivity index (χ3n) is 1.16. The standard InChI is InChI=1S/C7H17NO2/c1-6(4-9)8-5-7(2,3)10/h6,8-10H,4-5H2,1-3H3. The molecule has 0 aromatic rings. The summed E-state index contributed by atoms with van der Waals surface area (Å²) in [6, 6.07) is 0.0615. The quantitative estimate of drug-likeness (QED) is 0.513.